The summed E-state index contributed by atoms with van der Waals surface area (Å²) in [6, 6.07) is 13.0. The van der Waals surface area contributed by atoms with Gasteiger partial charge in [0.1, 0.15) is 16.6 Å². The molecule has 8 heteroatoms. The van der Waals surface area contributed by atoms with Crippen molar-refractivity contribution in [2.45, 2.75) is 13.0 Å². The van der Waals surface area contributed by atoms with Gasteiger partial charge < -0.3 is 5.11 Å². The highest BCUT2D eigenvalue weighted by Gasteiger charge is 2.48. The van der Waals surface area contributed by atoms with Gasteiger partial charge in [-0.2, -0.15) is 0 Å². The molecule has 0 radical (unpaired) electrons. The fourth-order valence-corrected chi connectivity index (χ4v) is 3.84. The van der Waals surface area contributed by atoms with E-state index in [1.54, 1.807) is 37.3 Å². The third-order valence-corrected chi connectivity index (χ3v) is 5.24. The molecule has 0 bridgehead atoms. The minimum absolute atomic E-state index is 0.0735. The Balaban J connectivity index is 1.94. The van der Waals surface area contributed by atoms with Crippen molar-refractivity contribution in [2.75, 3.05) is 4.90 Å². The molecule has 28 heavy (non-hydrogen) atoms. The number of halogens is 1. The first kappa shape index (κ1) is 18.0. The lowest BCUT2D eigenvalue weighted by molar-refractivity contribution is -0.132. The normalized spacial score (nSPS) is 18.6. The number of hydrogen-bond acceptors (Lipinski definition) is 6. The molecule has 1 saturated heterocycles. The smallest absolute Gasteiger partial charge is 0.301 e. The Morgan fingerprint density at radius 2 is 1.75 bits per heavy atom. The van der Waals surface area contributed by atoms with Crippen molar-refractivity contribution < 1.29 is 19.1 Å². The lowest BCUT2D eigenvalue weighted by Crippen LogP contribution is -2.29. The molecule has 140 valence electrons. The molecule has 0 saturated carbocycles. The van der Waals surface area contributed by atoms with Crippen LogP contribution in [0.1, 0.15) is 22.2 Å². The predicted octanol–water partition coefficient (Wildman–Crippen LogP) is 3.61. The fourth-order valence-electron chi connectivity index (χ4n) is 3.13. The van der Waals surface area contributed by atoms with Gasteiger partial charge in [-0.05, 0) is 24.6 Å². The number of aromatic nitrogens is 2. The van der Waals surface area contributed by atoms with Crippen LogP contribution in [-0.4, -0.2) is 27.0 Å². The molecule has 2 heterocycles. The van der Waals surface area contributed by atoms with Crippen molar-refractivity contribution in [3.05, 3.63) is 82.1 Å². The van der Waals surface area contributed by atoms with Crippen LogP contribution >= 0.6 is 11.3 Å². The summed E-state index contributed by atoms with van der Waals surface area (Å²) in [6.07, 6.45) is 0. The van der Waals surface area contributed by atoms with Crippen LogP contribution in [0.4, 0.5) is 9.52 Å². The molecule has 6 nitrogen and oxygen atoms in total. The molecular weight excluding hydrogens is 381 g/mol. The maximum absolute atomic E-state index is 13.4. The van der Waals surface area contributed by atoms with E-state index in [4.69, 9.17) is 0 Å². The van der Waals surface area contributed by atoms with Crippen molar-refractivity contribution in [3.63, 3.8) is 0 Å². The number of Topliss-reactive ketones (excluding diaryl/α,β-unsaturated/α-hetero) is 1. The molecule has 1 amide bonds. The van der Waals surface area contributed by atoms with Crippen molar-refractivity contribution in [1.29, 1.82) is 0 Å². The number of amides is 1. The van der Waals surface area contributed by atoms with Crippen LogP contribution in [0.5, 0.6) is 0 Å². The Morgan fingerprint density at radius 1 is 1.07 bits per heavy atom. The van der Waals surface area contributed by atoms with E-state index < -0.39 is 23.5 Å². The van der Waals surface area contributed by atoms with Gasteiger partial charge in [0.25, 0.3) is 5.78 Å². The molecule has 1 aliphatic rings. The maximum Gasteiger partial charge on any atom is 0.301 e. The van der Waals surface area contributed by atoms with Crippen LogP contribution in [0.3, 0.4) is 0 Å². The predicted molar refractivity (Wildman–Crippen MR) is 102 cm³/mol. The van der Waals surface area contributed by atoms with Crippen molar-refractivity contribution in [2.24, 2.45) is 0 Å². The Labute approximate surface area is 163 Å². The number of carbonyl (C=O) groups excluding carboxylic acids is 2. The minimum atomic E-state index is -0.937. The van der Waals surface area contributed by atoms with E-state index in [0.29, 0.717) is 16.1 Å². The van der Waals surface area contributed by atoms with Crippen LogP contribution in [0.25, 0.3) is 5.76 Å². The van der Waals surface area contributed by atoms with Gasteiger partial charge in [-0.3, -0.25) is 14.5 Å². The molecule has 4 rings (SSSR count). The molecule has 0 aliphatic carbocycles. The van der Waals surface area contributed by atoms with E-state index in [2.05, 4.69) is 10.2 Å². The quantitative estimate of drug-likeness (QED) is 0.416. The number of rotatable bonds is 3. The lowest BCUT2D eigenvalue weighted by atomic mass is 9.95. The Morgan fingerprint density at radius 3 is 2.36 bits per heavy atom. The Kier molecular flexibility index (Phi) is 4.48. The van der Waals surface area contributed by atoms with Crippen molar-refractivity contribution in [1.82, 2.24) is 10.2 Å². The molecule has 2 aromatic carbocycles. The van der Waals surface area contributed by atoms with Gasteiger partial charge in [-0.1, -0.05) is 53.8 Å². The maximum atomic E-state index is 13.4. The van der Waals surface area contributed by atoms with Crippen molar-refractivity contribution in [3.8, 4) is 0 Å². The average Bonchev–Trinajstić information content (AvgIpc) is 3.24. The Bertz CT molecular complexity index is 1090. The topological polar surface area (TPSA) is 83.4 Å². The third kappa shape index (κ3) is 2.97. The number of benzene rings is 2. The molecule has 1 fully saturated rings. The number of ketones is 1. The van der Waals surface area contributed by atoms with E-state index in [9.17, 15) is 19.1 Å². The van der Waals surface area contributed by atoms with E-state index in [-0.39, 0.29) is 16.5 Å². The van der Waals surface area contributed by atoms with Crippen LogP contribution in [0.2, 0.25) is 0 Å². The molecule has 1 aliphatic heterocycles. The van der Waals surface area contributed by atoms with Crippen LogP contribution < -0.4 is 4.90 Å². The summed E-state index contributed by atoms with van der Waals surface area (Å²) >= 11 is 1.15. The average molecular weight is 395 g/mol. The monoisotopic (exact) mass is 395 g/mol. The highest BCUT2D eigenvalue weighted by atomic mass is 32.1. The second-order valence-corrected chi connectivity index (χ2v) is 7.35. The van der Waals surface area contributed by atoms with Gasteiger partial charge in [-0.25, -0.2) is 4.39 Å². The molecule has 3 aromatic rings. The van der Waals surface area contributed by atoms with Gasteiger partial charge in [0.05, 0.1) is 11.6 Å². The first-order valence-corrected chi connectivity index (χ1v) is 9.21. The molecule has 1 aromatic heterocycles. The summed E-state index contributed by atoms with van der Waals surface area (Å²) in [6.45, 7) is 1.73. The third-order valence-electron chi connectivity index (χ3n) is 4.40. The number of hydrogen-bond donors (Lipinski definition) is 1. The number of carbonyl (C=O) groups is 2. The highest BCUT2D eigenvalue weighted by Crippen LogP contribution is 2.42. The molecular formula is C20H14FN3O3S. The zero-order valence-corrected chi connectivity index (χ0v) is 15.5. The second-order valence-electron chi connectivity index (χ2n) is 6.19. The lowest BCUT2D eigenvalue weighted by Gasteiger charge is -2.22. The number of anilines is 1. The van der Waals surface area contributed by atoms with E-state index in [1.807, 2.05) is 0 Å². The zero-order valence-electron chi connectivity index (χ0n) is 14.7. The summed E-state index contributed by atoms with van der Waals surface area (Å²) < 4.78 is 13.4. The Hall–Kier alpha value is -3.39. The van der Waals surface area contributed by atoms with E-state index in [1.165, 1.54) is 29.2 Å². The zero-order chi connectivity index (χ0) is 19.8. The molecule has 0 unspecified atom stereocenters. The molecule has 1 N–H and O–H groups in total. The van der Waals surface area contributed by atoms with Gasteiger partial charge in [0.2, 0.25) is 5.13 Å². The van der Waals surface area contributed by atoms with Crippen LogP contribution in [-0.2, 0) is 9.59 Å². The number of aryl methyl sites for hydroxylation is 1. The molecule has 1 atom stereocenters. The van der Waals surface area contributed by atoms with Gasteiger partial charge in [-0.15, -0.1) is 10.2 Å². The first-order valence-electron chi connectivity index (χ1n) is 8.39. The highest BCUT2D eigenvalue weighted by molar-refractivity contribution is 7.15. The number of aliphatic hydroxyl groups is 1. The second kappa shape index (κ2) is 6.97. The van der Waals surface area contributed by atoms with Crippen LogP contribution in [0.15, 0.2) is 60.2 Å². The largest absolute Gasteiger partial charge is 0.507 e. The van der Waals surface area contributed by atoms with E-state index in [0.717, 1.165) is 11.3 Å². The fraction of sp³-hybridized carbons (Fsp3) is 0.100. The first-order chi connectivity index (χ1) is 13.5. The SMILES string of the molecule is Cc1nnc(N2C(=O)C(=O)C(=C(O)c3ccccc3)[C@H]2c2ccc(F)cc2)s1. The standard InChI is InChI=1S/C20H14FN3O3S/c1-11-22-23-20(28-11)24-16(12-7-9-14(21)10-8-12)15(18(26)19(24)27)17(25)13-5-3-2-4-6-13/h2-10,16,25H,1H3/t16-/m1/s1. The van der Waals surface area contributed by atoms with Crippen molar-refractivity contribution >= 4 is 33.9 Å². The number of nitrogens with zero attached hydrogens (tertiary/aromatic N) is 3. The summed E-state index contributed by atoms with van der Waals surface area (Å²) in [5.74, 6) is -2.39. The summed E-state index contributed by atoms with van der Waals surface area (Å²) in [7, 11) is 0. The number of aliphatic hydroxyl groups excluding tert-OH is 1. The summed E-state index contributed by atoms with van der Waals surface area (Å²) in [5, 5.41) is 19.6. The molecule has 0 spiro atoms. The van der Waals surface area contributed by atoms with Crippen LogP contribution in [0, 0.1) is 12.7 Å². The minimum Gasteiger partial charge on any atom is -0.507 e. The van der Waals surface area contributed by atoms with Gasteiger partial charge in [0.15, 0.2) is 0 Å². The summed E-state index contributed by atoms with van der Waals surface area (Å²) in [4.78, 5) is 26.8. The van der Waals surface area contributed by atoms with E-state index >= 15 is 0 Å². The van der Waals surface area contributed by atoms with Gasteiger partial charge in [0, 0.05) is 5.56 Å². The van der Waals surface area contributed by atoms with Gasteiger partial charge >= 0.3 is 5.91 Å². The summed E-state index contributed by atoms with van der Waals surface area (Å²) in [5.41, 5.74) is 0.808.